The van der Waals surface area contributed by atoms with E-state index in [4.69, 9.17) is 10.6 Å². The van der Waals surface area contributed by atoms with Crippen molar-refractivity contribution in [3.63, 3.8) is 0 Å². The molecule has 0 atom stereocenters. The van der Waals surface area contributed by atoms with E-state index in [0.29, 0.717) is 18.0 Å². The highest BCUT2D eigenvalue weighted by atomic mass is 32.2. The van der Waals surface area contributed by atoms with Gasteiger partial charge in [-0.25, -0.2) is 9.78 Å². The molecule has 0 aliphatic heterocycles. The van der Waals surface area contributed by atoms with E-state index in [9.17, 15) is 4.79 Å². The number of benzene rings is 1. The Balaban J connectivity index is 1.94. The average molecular weight is 291 g/mol. The SMILES string of the molecule is CCCC(=O)On1ccnc1CSc1ccc(N)cc1. The molecule has 0 amide bonds. The number of nitrogen functional groups attached to an aromatic ring is 1. The third kappa shape index (κ3) is 4.03. The summed E-state index contributed by atoms with van der Waals surface area (Å²) in [6, 6.07) is 7.62. The number of hydrogen-bond donors (Lipinski definition) is 1. The standard InChI is InChI=1S/C14H17N3O2S/c1-2-3-14(18)19-17-9-8-16-13(17)10-20-12-6-4-11(15)5-7-12/h4-9H,2-3,10,15H2,1H3. The second-order valence-electron chi connectivity index (χ2n) is 4.24. The molecular weight excluding hydrogens is 274 g/mol. The Morgan fingerprint density at radius 1 is 1.40 bits per heavy atom. The van der Waals surface area contributed by atoms with Crippen LogP contribution in [0.15, 0.2) is 41.6 Å². The van der Waals surface area contributed by atoms with E-state index in [-0.39, 0.29) is 5.97 Å². The number of rotatable bonds is 6. The summed E-state index contributed by atoms with van der Waals surface area (Å²) in [6.07, 6.45) is 4.44. The number of hydrogen-bond acceptors (Lipinski definition) is 5. The van der Waals surface area contributed by atoms with E-state index in [1.54, 1.807) is 24.2 Å². The summed E-state index contributed by atoms with van der Waals surface area (Å²) in [5, 5.41) is 0. The van der Waals surface area contributed by atoms with Gasteiger partial charge in [0.1, 0.15) is 0 Å². The maximum Gasteiger partial charge on any atom is 0.332 e. The predicted octanol–water partition coefficient (Wildman–Crippen LogP) is 2.51. The lowest BCUT2D eigenvalue weighted by Crippen LogP contribution is -2.20. The average Bonchev–Trinajstić information content (AvgIpc) is 2.86. The Kier molecular flexibility index (Phi) is 5.06. The van der Waals surface area contributed by atoms with Gasteiger partial charge in [-0.2, -0.15) is 4.73 Å². The van der Waals surface area contributed by atoms with Crippen LogP contribution in [0.2, 0.25) is 0 Å². The summed E-state index contributed by atoms with van der Waals surface area (Å²) in [5.41, 5.74) is 6.38. The van der Waals surface area contributed by atoms with Gasteiger partial charge < -0.3 is 10.6 Å². The number of aromatic nitrogens is 2. The fraction of sp³-hybridized carbons (Fsp3) is 0.286. The van der Waals surface area contributed by atoms with Gasteiger partial charge in [0.25, 0.3) is 0 Å². The first-order valence-electron chi connectivity index (χ1n) is 6.40. The van der Waals surface area contributed by atoms with Gasteiger partial charge >= 0.3 is 5.97 Å². The quantitative estimate of drug-likeness (QED) is 0.654. The van der Waals surface area contributed by atoms with E-state index in [2.05, 4.69) is 4.98 Å². The minimum Gasteiger partial charge on any atom is -0.399 e. The highest BCUT2D eigenvalue weighted by Gasteiger charge is 2.08. The summed E-state index contributed by atoms with van der Waals surface area (Å²) in [5.74, 6) is 1.08. The molecular formula is C14H17N3O2S. The third-order valence-corrected chi connectivity index (χ3v) is 3.59. The number of carbonyl (C=O) groups is 1. The first-order chi connectivity index (χ1) is 9.69. The zero-order chi connectivity index (χ0) is 14.4. The Hall–Kier alpha value is -1.95. The maximum atomic E-state index is 11.5. The molecule has 20 heavy (non-hydrogen) atoms. The van der Waals surface area contributed by atoms with Gasteiger partial charge in [-0.05, 0) is 30.7 Å². The van der Waals surface area contributed by atoms with Crippen LogP contribution in [-0.2, 0) is 10.5 Å². The van der Waals surface area contributed by atoms with E-state index in [1.807, 2.05) is 31.2 Å². The molecule has 0 saturated heterocycles. The Morgan fingerprint density at radius 2 is 2.15 bits per heavy atom. The lowest BCUT2D eigenvalue weighted by molar-refractivity contribution is -0.144. The fourth-order valence-electron chi connectivity index (χ4n) is 1.58. The molecule has 1 aromatic heterocycles. The second kappa shape index (κ2) is 7.00. The summed E-state index contributed by atoms with van der Waals surface area (Å²) < 4.78 is 1.43. The van der Waals surface area contributed by atoms with Crippen molar-refractivity contribution in [2.24, 2.45) is 0 Å². The minimum absolute atomic E-state index is 0.246. The molecule has 0 fully saturated rings. The van der Waals surface area contributed by atoms with Crippen LogP contribution in [0.4, 0.5) is 5.69 Å². The van der Waals surface area contributed by atoms with Crippen molar-refractivity contribution in [1.82, 2.24) is 9.71 Å². The first-order valence-corrected chi connectivity index (χ1v) is 7.39. The largest absolute Gasteiger partial charge is 0.399 e. The van der Waals surface area contributed by atoms with Gasteiger partial charge in [-0.3, -0.25) is 0 Å². The maximum absolute atomic E-state index is 11.5. The molecule has 1 heterocycles. The summed E-state index contributed by atoms with van der Waals surface area (Å²) in [7, 11) is 0. The Bertz CT molecular complexity index is 566. The van der Waals surface area contributed by atoms with Gasteiger partial charge in [0.2, 0.25) is 0 Å². The number of anilines is 1. The number of carbonyl (C=O) groups excluding carboxylic acids is 1. The van der Waals surface area contributed by atoms with Crippen molar-refractivity contribution >= 4 is 23.4 Å². The number of thioether (sulfide) groups is 1. The lowest BCUT2D eigenvalue weighted by atomic mass is 10.3. The van der Waals surface area contributed by atoms with Crippen molar-refractivity contribution < 1.29 is 9.63 Å². The van der Waals surface area contributed by atoms with Crippen molar-refractivity contribution in [1.29, 1.82) is 0 Å². The fourth-order valence-corrected chi connectivity index (χ4v) is 2.40. The topological polar surface area (TPSA) is 70.1 Å². The van der Waals surface area contributed by atoms with Gasteiger partial charge in [-0.15, -0.1) is 11.8 Å². The van der Waals surface area contributed by atoms with E-state index in [0.717, 1.165) is 17.0 Å². The van der Waals surface area contributed by atoms with Crippen LogP contribution in [0.1, 0.15) is 25.6 Å². The molecule has 0 bridgehead atoms. The van der Waals surface area contributed by atoms with E-state index < -0.39 is 0 Å². The summed E-state index contributed by atoms with van der Waals surface area (Å²) in [6.45, 7) is 1.94. The highest BCUT2D eigenvalue weighted by molar-refractivity contribution is 7.98. The van der Waals surface area contributed by atoms with Crippen molar-refractivity contribution in [3.8, 4) is 0 Å². The molecule has 106 valence electrons. The van der Waals surface area contributed by atoms with Gasteiger partial charge in [0.05, 0.1) is 11.9 Å². The molecule has 1 aromatic carbocycles. The smallest absolute Gasteiger partial charge is 0.332 e. The molecule has 5 nitrogen and oxygen atoms in total. The van der Waals surface area contributed by atoms with Crippen molar-refractivity contribution in [2.75, 3.05) is 5.73 Å². The van der Waals surface area contributed by atoms with Crippen LogP contribution in [0.3, 0.4) is 0 Å². The highest BCUT2D eigenvalue weighted by Crippen LogP contribution is 2.22. The van der Waals surface area contributed by atoms with Gasteiger partial charge in [0.15, 0.2) is 5.82 Å². The van der Waals surface area contributed by atoms with Gasteiger partial charge in [0, 0.05) is 23.2 Å². The first kappa shape index (κ1) is 14.5. The molecule has 0 saturated carbocycles. The Morgan fingerprint density at radius 3 is 2.85 bits per heavy atom. The molecule has 0 aliphatic rings. The van der Waals surface area contributed by atoms with Crippen LogP contribution in [-0.4, -0.2) is 15.7 Å². The lowest BCUT2D eigenvalue weighted by Gasteiger charge is -2.07. The summed E-state index contributed by atoms with van der Waals surface area (Å²) >= 11 is 1.61. The monoisotopic (exact) mass is 291 g/mol. The van der Waals surface area contributed by atoms with Crippen molar-refractivity contribution in [3.05, 3.63) is 42.5 Å². The normalized spacial score (nSPS) is 10.4. The minimum atomic E-state index is -0.246. The molecule has 0 aliphatic carbocycles. The third-order valence-electron chi connectivity index (χ3n) is 2.58. The molecule has 2 N–H and O–H groups in total. The molecule has 6 heteroatoms. The summed E-state index contributed by atoms with van der Waals surface area (Å²) in [4.78, 5) is 22.0. The van der Waals surface area contributed by atoms with Gasteiger partial charge in [-0.1, -0.05) is 6.92 Å². The molecule has 0 unspecified atom stereocenters. The van der Waals surface area contributed by atoms with E-state index in [1.165, 1.54) is 4.73 Å². The Labute approximate surface area is 122 Å². The molecule has 2 aromatic rings. The molecule has 0 spiro atoms. The second-order valence-corrected chi connectivity index (χ2v) is 5.29. The number of imidazole rings is 1. The predicted molar refractivity (Wildman–Crippen MR) is 79.1 cm³/mol. The zero-order valence-electron chi connectivity index (χ0n) is 11.3. The van der Waals surface area contributed by atoms with Crippen LogP contribution >= 0.6 is 11.8 Å². The van der Waals surface area contributed by atoms with E-state index >= 15 is 0 Å². The molecule has 2 rings (SSSR count). The van der Waals surface area contributed by atoms with Crippen LogP contribution in [0, 0.1) is 0 Å². The van der Waals surface area contributed by atoms with Crippen LogP contribution in [0.25, 0.3) is 0 Å². The zero-order valence-corrected chi connectivity index (χ0v) is 12.1. The van der Waals surface area contributed by atoms with Crippen LogP contribution < -0.4 is 10.6 Å². The number of nitrogens with zero attached hydrogens (tertiary/aromatic N) is 2. The van der Waals surface area contributed by atoms with Crippen molar-refractivity contribution in [2.45, 2.75) is 30.4 Å². The number of nitrogens with two attached hydrogens (primary N) is 1. The van der Waals surface area contributed by atoms with Crippen LogP contribution in [0.5, 0.6) is 0 Å². The molecule has 0 radical (unpaired) electrons.